The predicted octanol–water partition coefficient (Wildman–Crippen LogP) is -6.65. The zero-order valence-electron chi connectivity index (χ0n) is 42.3. The van der Waals surface area contributed by atoms with Crippen molar-refractivity contribution in [2.75, 3.05) is 33.0 Å². The molecule has 5 saturated heterocycles. The van der Waals surface area contributed by atoms with E-state index in [-0.39, 0.29) is 11.8 Å². The largest absolute Gasteiger partial charge is 0.432 e. The number of fused-ring (bicyclic) bond motifs is 3. The number of aliphatic hydroxyl groups excluding tert-OH is 16. The van der Waals surface area contributed by atoms with Crippen LogP contribution in [0.25, 0.3) is 0 Å². The van der Waals surface area contributed by atoms with Gasteiger partial charge in [-0.25, -0.2) is 0 Å². The Morgan fingerprint density at radius 2 is 1.04 bits per heavy atom. The van der Waals surface area contributed by atoms with E-state index in [4.69, 9.17) is 47.4 Å². The number of hydrogen-bond acceptors (Lipinski definition) is 27. The second-order valence-electron chi connectivity index (χ2n) is 23.2. The maximum atomic E-state index is 14.8. The van der Waals surface area contributed by atoms with Crippen molar-refractivity contribution in [2.45, 2.75) is 225 Å². The quantitative estimate of drug-likeness (QED) is 0.0437. The van der Waals surface area contributed by atoms with Gasteiger partial charge in [-0.3, -0.25) is 4.79 Å². The van der Waals surface area contributed by atoms with Crippen LogP contribution in [0.15, 0.2) is 12.2 Å². The summed E-state index contributed by atoms with van der Waals surface area (Å²) in [6.45, 7) is 4.76. The van der Waals surface area contributed by atoms with Gasteiger partial charge in [0.25, 0.3) is 0 Å². The summed E-state index contributed by atoms with van der Waals surface area (Å²) in [6, 6.07) is 0. The van der Waals surface area contributed by atoms with Crippen molar-refractivity contribution in [1.82, 2.24) is 0 Å². The molecular formula is C49H78O27. The van der Waals surface area contributed by atoms with Crippen LogP contribution < -0.4 is 0 Å². The van der Waals surface area contributed by atoms with Gasteiger partial charge in [-0.15, -0.1) is 0 Å². The number of esters is 1. The first kappa shape index (κ1) is 58.9. The molecular weight excluding hydrogens is 1020 g/mol. The van der Waals surface area contributed by atoms with E-state index in [2.05, 4.69) is 13.5 Å². The Balaban J connectivity index is 0.969. The van der Waals surface area contributed by atoms with Crippen molar-refractivity contribution in [3.8, 4) is 0 Å². The molecule has 76 heavy (non-hydrogen) atoms. The lowest BCUT2D eigenvalue weighted by Crippen LogP contribution is -2.68. The lowest BCUT2D eigenvalue weighted by Gasteiger charge is -2.64. The third-order valence-electron chi connectivity index (χ3n) is 18.8. The van der Waals surface area contributed by atoms with Gasteiger partial charge in [0.05, 0.1) is 44.1 Å². The summed E-state index contributed by atoms with van der Waals surface area (Å²) < 4.78 is 60.2. The summed E-state index contributed by atoms with van der Waals surface area (Å²) in [4.78, 5) is 14.8. The van der Waals surface area contributed by atoms with Crippen LogP contribution in [0.2, 0.25) is 0 Å². The van der Waals surface area contributed by atoms with E-state index in [1.807, 2.05) is 6.92 Å². The van der Waals surface area contributed by atoms with Gasteiger partial charge in [-0.05, 0) is 86.5 Å². The number of carbonyl (C=O) groups is 1. The van der Waals surface area contributed by atoms with Gasteiger partial charge < -0.3 is 129 Å². The molecule has 27 heteroatoms. The third-order valence-corrected chi connectivity index (χ3v) is 18.8. The summed E-state index contributed by atoms with van der Waals surface area (Å²) in [5.74, 6) is -1.05. The number of hydrogen-bond donors (Lipinski definition) is 16. The van der Waals surface area contributed by atoms with Crippen LogP contribution in [0.5, 0.6) is 0 Å². The monoisotopic (exact) mass is 1100 g/mol. The number of rotatable bonds is 14. The highest BCUT2D eigenvalue weighted by molar-refractivity contribution is 5.77. The van der Waals surface area contributed by atoms with Crippen LogP contribution in [-0.4, -0.2) is 274 Å². The molecule has 2 bridgehead atoms. The van der Waals surface area contributed by atoms with Crippen molar-refractivity contribution in [2.24, 2.45) is 28.1 Å². The summed E-state index contributed by atoms with van der Waals surface area (Å²) >= 11 is 0. The first-order chi connectivity index (χ1) is 35.9. The topological polar surface area (TPSA) is 433 Å². The van der Waals surface area contributed by atoms with Gasteiger partial charge in [0.2, 0.25) is 6.29 Å². The van der Waals surface area contributed by atoms with E-state index in [0.717, 1.165) is 6.42 Å². The Morgan fingerprint density at radius 1 is 0.539 bits per heavy atom. The molecule has 436 valence electrons. The normalized spacial score (nSPS) is 54.6. The third kappa shape index (κ3) is 10.0. The Morgan fingerprint density at radius 3 is 1.63 bits per heavy atom. The van der Waals surface area contributed by atoms with Gasteiger partial charge in [0.1, 0.15) is 110 Å². The molecule has 1 spiro atoms. The van der Waals surface area contributed by atoms with Crippen molar-refractivity contribution in [1.29, 1.82) is 0 Å². The second-order valence-corrected chi connectivity index (χ2v) is 23.2. The Hall–Kier alpha value is -1.79. The van der Waals surface area contributed by atoms with E-state index in [9.17, 15) is 86.5 Å². The fourth-order valence-electron chi connectivity index (χ4n) is 14.7. The molecule has 9 rings (SSSR count). The molecule has 27 nitrogen and oxygen atoms in total. The molecule has 30 unspecified atom stereocenters. The van der Waals surface area contributed by atoms with Crippen LogP contribution in [0.1, 0.15) is 71.6 Å². The molecule has 9 fully saturated rings. The van der Waals surface area contributed by atoms with E-state index in [1.54, 1.807) is 0 Å². The van der Waals surface area contributed by atoms with Crippen LogP contribution in [-0.2, 0) is 52.2 Å². The molecule has 0 amide bonds. The predicted molar refractivity (Wildman–Crippen MR) is 246 cm³/mol. The van der Waals surface area contributed by atoms with Gasteiger partial charge >= 0.3 is 5.97 Å². The molecule has 5 heterocycles. The van der Waals surface area contributed by atoms with E-state index >= 15 is 0 Å². The maximum Gasteiger partial charge on any atom is 0.314 e. The number of carbonyl (C=O) groups excluding carboxylic acids is 1. The summed E-state index contributed by atoms with van der Waals surface area (Å²) in [6.07, 6.45) is -37.1. The van der Waals surface area contributed by atoms with Gasteiger partial charge in [0.15, 0.2) is 31.3 Å². The molecule has 0 radical (unpaired) electrons. The first-order valence-corrected chi connectivity index (χ1v) is 26.3. The van der Waals surface area contributed by atoms with E-state index < -0.39 is 208 Å². The highest BCUT2D eigenvalue weighted by Crippen LogP contribution is 2.74. The lowest BCUT2D eigenvalue weighted by molar-refractivity contribution is -0.400. The van der Waals surface area contributed by atoms with Crippen molar-refractivity contribution >= 4 is 5.97 Å². The number of ether oxygens (including phenoxy) is 10. The Bertz CT molecular complexity index is 2020. The average molecular weight is 1100 g/mol. The van der Waals surface area contributed by atoms with Gasteiger partial charge in [-0.1, -0.05) is 19.9 Å². The number of aliphatic hydroxyl groups is 16. The first-order valence-electron chi connectivity index (χ1n) is 26.3. The standard InChI is InChI=1S/C49H78O27/c1-18-11-48-9-5-24-46(2,7-4-8-47(24,3)45(66)75-43-38(33(62)29(58)22(14-52)70-43)73-40-34(63)26(55)19(54)16-67-40)25(48)6-10-49(18,17-48)76-44-39(74-42-36(65)32(61)28(57)21(13-51)69-42)37(30(59)23(15-53)71-44)72-41-35(64)31(60)27(56)20(12-50)68-41/h19-44,50-65H,1,4-17H2,2-3H3. The van der Waals surface area contributed by atoms with Crippen molar-refractivity contribution in [3.05, 3.63) is 12.2 Å². The molecule has 9 aliphatic rings. The smallest absolute Gasteiger partial charge is 0.314 e. The fraction of sp³-hybridized carbons (Fsp3) is 0.939. The molecule has 5 aliphatic heterocycles. The molecule has 4 saturated carbocycles. The minimum absolute atomic E-state index is 0.0469. The minimum atomic E-state index is -1.98. The molecule has 0 aromatic rings. The highest BCUT2D eigenvalue weighted by Gasteiger charge is 2.70. The molecule has 0 aromatic carbocycles. The molecule has 16 N–H and O–H groups in total. The van der Waals surface area contributed by atoms with Crippen molar-refractivity contribution in [3.63, 3.8) is 0 Å². The summed E-state index contributed by atoms with van der Waals surface area (Å²) in [7, 11) is 0. The van der Waals surface area contributed by atoms with Crippen LogP contribution in [0, 0.1) is 28.1 Å². The maximum absolute atomic E-state index is 14.8. The lowest BCUT2D eigenvalue weighted by atomic mass is 9.41. The minimum Gasteiger partial charge on any atom is -0.432 e. The average Bonchev–Trinajstić information content (AvgIpc) is 3.71. The Labute approximate surface area is 437 Å². The van der Waals surface area contributed by atoms with E-state index in [1.165, 1.54) is 0 Å². The van der Waals surface area contributed by atoms with Crippen LogP contribution >= 0.6 is 0 Å². The molecule has 4 aliphatic carbocycles. The fourth-order valence-corrected chi connectivity index (χ4v) is 14.7. The SMILES string of the molecule is C=C1CC23CCC4C(C)(C(=O)OC5OC(CO)C(O)C(O)C5OC5OCC(O)C(O)C5O)CCCC4(C)C2CCC1(OC1OC(CO)C(O)C(OC2OC(CO)C(O)C(O)C2O)C1OC1OC(CO)C(O)C(O)C1O)C3. The highest BCUT2D eigenvalue weighted by atomic mass is 16.8. The molecule has 30 atom stereocenters. The zero-order chi connectivity index (χ0) is 55.1. The van der Waals surface area contributed by atoms with Crippen LogP contribution in [0.4, 0.5) is 0 Å². The van der Waals surface area contributed by atoms with Gasteiger partial charge in [0, 0.05) is 0 Å². The van der Waals surface area contributed by atoms with Crippen LogP contribution in [0.3, 0.4) is 0 Å². The van der Waals surface area contributed by atoms with E-state index in [0.29, 0.717) is 56.9 Å². The summed E-state index contributed by atoms with van der Waals surface area (Å²) in [5, 5.41) is 170. The van der Waals surface area contributed by atoms with Gasteiger partial charge in [-0.2, -0.15) is 0 Å². The zero-order valence-corrected chi connectivity index (χ0v) is 42.3. The molecule has 0 aromatic heterocycles. The summed E-state index contributed by atoms with van der Waals surface area (Å²) in [5.41, 5.74) is -2.69. The van der Waals surface area contributed by atoms with Crippen molar-refractivity contribution < 1.29 is 134 Å². The second kappa shape index (κ2) is 22.5. The Kier molecular flexibility index (Phi) is 17.4.